The van der Waals surface area contributed by atoms with E-state index >= 15 is 0 Å². The number of nitrogens with one attached hydrogen (secondary N) is 1. The van der Waals surface area contributed by atoms with E-state index < -0.39 is 0 Å². The largest absolute Gasteiger partial charge is 0.349 e. The average molecular weight is 358 g/mol. The first-order valence-electron chi connectivity index (χ1n) is 10.6. The molecule has 1 amide bonds. The molecule has 0 aromatic heterocycles. The van der Waals surface area contributed by atoms with Crippen LogP contribution in [0.2, 0.25) is 0 Å². The summed E-state index contributed by atoms with van der Waals surface area (Å²) in [6.07, 6.45) is 14.0. The highest BCUT2D eigenvalue weighted by Crippen LogP contribution is 2.16. The van der Waals surface area contributed by atoms with Gasteiger partial charge in [-0.2, -0.15) is 0 Å². The highest BCUT2D eigenvalue weighted by Gasteiger charge is 2.14. The first-order chi connectivity index (χ1) is 12.5. The van der Waals surface area contributed by atoms with Crippen molar-refractivity contribution < 1.29 is 4.79 Å². The lowest BCUT2D eigenvalue weighted by Crippen LogP contribution is -2.30. The summed E-state index contributed by atoms with van der Waals surface area (Å²) < 4.78 is 0. The summed E-state index contributed by atoms with van der Waals surface area (Å²) in [4.78, 5) is 12.4. The number of hydrogen-bond acceptors (Lipinski definition) is 1. The van der Waals surface area contributed by atoms with Gasteiger partial charge in [0.1, 0.15) is 0 Å². The van der Waals surface area contributed by atoms with Crippen LogP contribution in [0.3, 0.4) is 0 Å². The number of carbonyl (C=O) groups is 1. The molecule has 0 spiro atoms. The SMILES string of the molecule is CCCCCCCCCC/C(C)=C/[C@H](C)C(=O)N[C@H](C)c1ccccc1. The number of rotatable bonds is 13. The van der Waals surface area contributed by atoms with E-state index in [1.54, 1.807) is 0 Å². The van der Waals surface area contributed by atoms with Crippen LogP contribution in [0, 0.1) is 5.92 Å². The normalized spacial score (nSPS) is 14.1. The Labute approximate surface area is 161 Å². The van der Waals surface area contributed by atoms with Gasteiger partial charge in [0.15, 0.2) is 0 Å². The molecule has 146 valence electrons. The van der Waals surface area contributed by atoms with Crippen LogP contribution in [0.1, 0.15) is 97.1 Å². The third-order valence-corrected chi connectivity index (χ3v) is 5.03. The molecule has 0 aliphatic heterocycles. The standard InChI is InChI=1S/C24H39NO/c1-5-6-7-8-9-10-11-13-16-20(2)19-21(3)24(26)25-22(4)23-17-14-12-15-18-23/h12,14-15,17-19,21-22H,5-11,13,16H2,1-4H3,(H,25,26)/b20-19+/t21-,22+/m0/s1. The minimum atomic E-state index is -0.0739. The fourth-order valence-electron chi connectivity index (χ4n) is 3.29. The van der Waals surface area contributed by atoms with Crippen LogP contribution in [-0.4, -0.2) is 5.91 Å². The number of hydrogen-bond donors (Lipinski definition) is 1. The molecule has 1 rings (SSSR count). The van der Waals surface area contributed by atoms with Crippen LogP contribution in [0.4, 0.5) is 0 Å². The van der Waals surface area contributed by atoms with E-state index in [1.165, 1.54) is 56.9 Å². The maximum atomic E-state index is 12.4. The Hall–Kier alpha value is -1.57. The fourth-order valence-corrected chi connectivity index (χ4v) is 3.29. The Morgan fingerprint density at radius 1 is 0.962 bits per heavy atom. The summed E-state index contributed by atoms with van der Waals surface area (Å²) in [6.45, 7) is 8.45. The third-order valence-electron chi connectivity index (χ3n) is 5.03. The van der Waals surface area contributed by atoms with Gasteiger partial charge < -0.3 is 5.32 Å². The van der Waals surface area contributed by atoms with Crippen molar-refractivity contribution in [1.29, 1.82) is 0 Å². The van der Waals surface area contributed by atoms with Gasteiger partial charge in [0.2, 0.25) is 5.91 Å². The molecule has 0 saturated heterocycles. The molecule has 0 unspecified atom stereocenters. The third kappa shape index (κ3) is 9.79. The smallest absolute Gasteiger partial charge is 0.227 e. The van der Waals surface area contributed by atoms with Crippen LogP contribution < -0.4 is 5.32 Å². The van der Waals surface area contributed by atoms with Crippen LogP contribution in [-0.2, 0) is 4.79 Å². The summed E-state index contributed by atoms with van der Waals surface area (Å²) >= 11 is 0. The van der Waals surface area contributed by atoms with Gasteiger partial charge in [-0.25, -0.2) is 0 Å². The maximum Gasteiger partial charge on any atom is 0.227 e. The van der Waals surface area contributed by atoms with E-state index in [0.717, 1.165) is 12.0 Å². The van der Waals surface area contributed by atoms with Crippen molar-refractivity contribution in [3.8, 4) is 0 Å². The van der Waals surface area contributed by atoms with Gasteiger partial charge in [0, 0.05) is 0 Å². The Bertz CT molecular complexity index is 520. The molecule has 0 fully saturated rings. The Morgan fingerprint density at radius 3 is 2.15 bits per heavy atom. The number of benzene rings is 1. The molecule has 0 aliphatic rings. The van der Waals surface area contributed by atoms with E-state index in [4.69, 9.17) is 0 Å². The van der Waals surface area contributed by atoms with Gasteiger partial charge in [-0.05, 0) is 32.3 Å². The molecule has 2 heteroatoms. The molecule has 0 heterocycles. The number of unbranched alkanes of at least 4 members (excludes halogenated alkanes) is 7. The Morgan fingerprint density at radius 2 is 1.54 bits per heavy atom. The Kier molecular flexibility index (Phi) is 11.8. The van der Waals surface area contributed by atoms with Gasteiger partial charge in [-0.3, -0.25) is 4.79 Å². The second-order valence-electron chi connectivity index (χ2n) is 7.67. The molecule has 0 bridgehead atoms. The first-order valence-corrected chi connectivity index (χ1v) is 10.6. The van der Waals surface area contributed by atoms with Crippen molar-refractivity contribution in [2.75, 3.05) is 0 Å². The molecule has 0 aliphatic carbocycles. The van der Waals surface area contributed by atoms with E-state index in [-0.39, 0.29) is 17.9 Å². The molecule has 1 aromatic carbocycles. The highest BCUT2D eigenvalue weighted by atomic mass is 16.1. The molecule has 0 radical (unpaired) electrons. The molecular weight excluding hydrogens is 318 g/mol. The predicted molar refractivity (Wildman–Crippen MR) is 113 cm³/mol. The van der Waals surface area contributed by atoms with Crippen molar-refractivity contribution in [1.82, 2.24) is 5.32 Å². The first kappa shape index (κ1) is 22.5. The van der Waals surface area contributed by atoms with E-state index in [1.807, 2.05) is 32.0 Å². The molecular formula is C24H39NO. The second-order valence-corrected chi connectivity index (χ2v) is 7.67. The van der Waals surface area contributed by atoms with Crippen molar-refractivity contribution >= 4 is 5.91 Å². The molecule has 1 N–H and O–H groups in total. The zero-order valence-electron chi connectivity index (χ0n) is 17.4. The van der Waals surface area contributed by atoms with Gasteiger partial charge in [0.25, 0.3) is 0 Å². The van der Waals surface area contributed by atoms with Crippen LogP contribution in [0.5, 0.6) is 0 Å². The summed E-state index contributed by atoms with van der Waals surface area (Å²) in [5.74, 6) is 0.0341. The maximum absolute atomic E-state index is 12.4. The van der Waals surface area contributed by atoms with E-state index in [2.05, 4.69) is 37.4 Å². The second kappa shape index (κ2) is 13.6. The lowest BCUT2D eigenvalue weighted by atomic mass is 10.0. The van der Waals surface area contributed by atoms with Crippen LogP contribution >= 0.6 is 0 Å². The molecule has 1 aromatic rings. The molecule has 2 atom stereocenters. The fraction of sp³-hybridized carbons (Fsp3) is 0.625. The van der Waals surface area contributed by atoms with Gasteiger partial charge in [-0.1, -0.05) is 101 Å². The topological polar surface area (TPSA) is 29.1 Å². The van der Waals surface area contributed by atoms with Gasteiger partial charge in [0.05, 0.1) is 12.0 Å². The van der Waals surface area contributed by atoms with Crippen molar-refractivity contribution in [3.63, 3.8) is 0 Å². The van der Waals surface area contributed by atoms with Crippen molar-refractivity contribution in [2.45, 2.75) is 91.5 Å². The zero-order valence-corrected chi connectivity index (χ0v) is 17.4. The van der Waals surface area contributed by atoms with Crippen LogP contribution in [0.25, 0.3) is 0 Å². The molecule has 26 heavy (non-hydrogen) atoms. The average Bonchev–Trinajstić information content (AvgIpc) is 2.64. The molecule has 0 saturated carbocycles. The van der Waals surface area contributed by atoms with E-state index in [9.17, 15) is 4.79 Å². The Balaban J connectivity index is 2.24. The minimum Gasteiger partial charge on any atom is -0.349 e. The van der Waals surface area contributed by atoms with Crippen molar-refractivity contribution in [2.24, 2.45) is 5.92 Å². The summed E-state index contributed by atoms with van der Waals surface area (Å²) in [5.41, 5.74) is 2.48. The monoisotopic (exact) mass is 357 g/mol. The zero-order chi connectivity index (χ0) is 19.2. The number of allylic oxidation sites excluding steroid dienone is 1. The number of carbonyl (C=O) groups excluding carboxylic acids is 1. The predicted octanol–water partition coefficient (Wildman–Crippen LogP) is 6.98. The quantitative estimate of drug-likeness (QED) is 0.299. The van der Waals surface area contributed by atoms with Crippen LogP contribution in [0.15, 0.2) is 42.0 Å². The van der Waals surface area contributed by atoms with E-state index in [0.29, 0.717) is 0 Å². The van der Waals surface area contributed by atoms with Crippen molar-refractivity contribution in [3.05, 3.63) is 47.5 Å². The lowest BCUT2D eigenvalue weighted by molar-refractivity contribution is -0.123. The lowest BCUT2D eigenvalue weighted by Gasteiger charge is -2.17. The highest BCUT2D eigenvalue weighted by molar-refractivity contribution is 5.80. The summed E-state index contributed by atoms with van der Waals surface area (Å²) in [7, 11) is 0. The van der Waals surface area contributed by atoms with Gasteiger partial charge >= 0.3 is 0 Å². The van der Waals surface area contributed by atoms with Gasteiger partial charge in [-0.15, -0.1) is 0 Å². The minimum absolute atomic E-state index is 0.0487. The summed E-state index contributed by atoms with van der Waals surface area (Å²) in [6, 6.07) is 10.2. The summed E-state index contributed by atoms with van der Waals surface area (Å²) in [5, 5.41) is 3.12. The molecule has 2 nitrogen and oxygen atoms in total. The number of amides is 1.